The van der Waals surface area contributed by atoms with Crippen LogP contribution in [-0.2, 0) is 0 Å². The van der Waals surface area contributed by atoms with E-state index in [-0.39, 0.29) is 0 Å². The topological polar surface area (TPSA) is 0 Å². The van der Waals surface area contributed by atoms with Gasteiger partial charge in [-0.05, 0) is 32.6 Å². The summed E-state index contributed by atoms with van der Waals surface area (Å²) in [6.07, 6.45) is 2.81. The van der Waals surface area contributed by atoms with Gasteiger partial charge >= 0.3 is 0 Å². The molecule has 1 heterocycles. The number of nitrogens with zero attached hydrogens (tertiary/aromatic N) is 1. The molecule has 1 fully saturated rings. The molecule has 0 saturated carbocycles. The van der Waals surface area contributed by atoms with Crippen molar-refractivity contribution in [3.05, 3.63) is 0 Å². The normalized spacial score (nSPS) is 33.4. The fourth-order valence-electron chi connectivity index (χ4n) is 2.86. The highest BCUT2D eigenvalue weighted by atomic mass is 15.4. The van der Waals surface area contributed by atoms with Crippen LogP contribution in [0.4, 0.5) is 0 Å². The molecule has 0 amide bonds. The molecule has 1 heteroatoms. The molecule has 0 spiro atoms. The zero-order valence-electron chi connectivity index (χ0n) is 11.9. The van der Waals surface area contributed by atoms with Crippen molar-refractivity contribution in [3.8, 4) is 0 Å². The van der Waals surface area contributed by atoms with Gasteiger partial charge in [-0.2, -0.15) is 0 Å². The van der Waals surface area contributed by atoms with Crippen molar-refractivity contribution in [1.29, 1.82) is 0 Å². The van der Waals surface area contributed by atoms with Gasteiger partial charge in [0.25, 0.3) is 0 Å². The lowest BCUT2D eigenvalue weighted by Gasteiger charge is -2.43. The molecule has 90 valence electrons. The molecule has 15 heavy (non-hydrogen) atoms. The Morgan fingerprint density at radius 2 is 1.60 bits per heavy atom. The molecule has 2 unspecified atom stereocenters. The first-order valence-electron chi connectivity index (χ1n) is 6.38. The highest BCUT2D eigenvalue weighted by molar-refractivity contribution is 4.76. The van der Waals surface area contributed by atoms with Crippen molar-refractivity contribution >= 4 is 0 Å². The fourth-order valence-corrected chi connectivity index (χ4v) is 2.86. The average Bonchev–Trinajstić information content (AvgIpc) is 2.27. The van der Waals surface area contributed by atoms with Crippen LogP contribution in [0.1, 0.15) is 54.4 Å². The summed E-state index contributed by atoms with van der Waals surface area (Å²) in [4.78, 5) is 0. The Balaban J connectivity index is 2.60. The van der Waals surface area contributed by atoms with Crippen LogP contribution in [0.2, 0.25) is 0 Å². The largest absolute Gasteiger partial charge is 0.322 e. The van der Waals surface area contributed by atoms with E-state index in [1.807, 2.05) is 0 Å². The second-order valence-corrected chi connectivity index (χ2v) is 7.89. The lowest BCUT2D eigenvalue weighted by molar-refractivity contribution is -0.943. The van der Waals surface area contributed by atoms with Crippen molar-refractivity contribution in [1.82, 2.24) is 0 Å². The summed E-state index contributed by atoms with van der Waals surface area (Å²) in [5.74, 6) is 0.939. The predicted molar refractivity (Wildman–Crippen MR) is 67.9 cm³/mol. The van der Waals surface area contributed by atoms with Crippen LogP contribution in [0, 0.1) is 11.3 Å². The van der Waals surface area contributed by atoms with Crippen LogP contribution in [0.5, 0.6) is 0 Å². The summed E-state index contributed by atoms with van der Waals surface area (Å²) in [6.45, 7) is 17.0. The Labute approximate surface area is 96.4 Å². The van der Waals surface area contributed by atoms with Crippen LogP contribution >= 0.6 is 0 Å². The van der Waals surface area contributed by atoms with Crippen molar-refractivity contribution < 1.29 is 4.48 Å². The van der Waals surface area contributed by atoms with Gasteiger partial charge in [0.1, 0.15) is 0 Å². The summed E-state index contributed by atoms with van der Waals surface area (Å²) < 4.78 is 1.26. The summed E-state index contributed by atoms with van der Waals surface area (Å²) in [5.41, 5.74) is 0.907. The van der Waals surface area contributed by atoms with Gasteiger partial charge in [-0.25, -0.2) is 0 Å². The summed E-state index contributed by atoms with van der Waals surface area (Å²) in [5, 5.41) is 0. The first-order valence-corrected chi connectivity index (χ1v) is 6.38. The Morgan fingerprint density at radius 3 is 1.93 bits per heavy atom. The molecule has 2 atom stereocenters. The Kier molecular flexibility index (Phi) is 3.27. The van der Waals surface area contributed by atoms with E-state index < -0.39 is 0 Å². The molecule has 0 aliphatic carbocycles. The molecular weight excluding hydrogens is 182 g/mol. The van der Waals surface area contributed by atoms with E-state index in [9.17, 15) is 0 Å². The minimum absolute atomic E-state index is 0.409. The molecule has 0 aromatic carbocycles. The summed E-state index contributed by atoms with van der Waals surface area (Å²) in [7, 11) is 2.43. The second-order valence-electron chi connectivity index (χ2n) is 7.89. The van der Waals surface area contributed by atoms with Gasteiger partial charge in [-0.1, -0.05) is 20.8 Å². The van der Waals surface area contributed by atoms with Gasteiger partial charge < -0.3 is 4.48 Å². The van der Waals surface area contributed by atoms with E-state index in [4.69, 9.17) is 0 Å². The fraction of sp³-hybridized carbons (Fsp3) is 1.00. The SMILES string of the molecule is CC(C)(C)CC1CC[N+](C)(C(C)(C)C)C1. The minimum atomic E-state index is 0.409. The van der Waals surface area contributed by atoms with E-state index in [0.717, 1.165) is 5.92 Å². The first-order chi connectivity index (χ1) is 6.54. The van der Waals surface area contributed by atoms with Gasteiger partial charge in [-0.15, -0.1) is 0 Å². The zero-order valence-corrected chi connectivity index (χ0v) is 11.9. The number of quaternary nitrogens is 1. The van der Waals surface area contributed by atoms with Gasteiger partial charge in [-0.3, -0.25) is 0 Å². The average molecular weight is 212 g/mol. The zero-order chi connectivity index (χ0) is 11.9. The van der Waals surface area contributed by atoms with E-state index in [2.05, 4.69) is 48.6 Å². The van der Waals surface area contributed by atoms with Gasteiger partial charge in [0, 0.05) is 12.3 Å². The van der Waals surface area contributed by atoms with Crippen molar-refractivity contribution in [2.75, 3.05) is 20.1 Å². The standard InChI is InChI=1S/C14H30N/c1-13(2,3)10-12-8-9-15(7,11-12)14(4,5)6/h12H,8-11H2,1-7H3/q+1. The molecule has 0 aromatic heterocycles. The number of hydrogen-bond donors (Lipinski definition) is 0. The highest BCUT2D eigenvalue weighted by Crippen LogP contribution is 2.37. The molecule has 1 aliphatic heterocycles. The quantitative estimate of drug-likeness (QED) is 0.582. The number of likely N-dealkylation sites (tertiary alicyclic amines) is 1. The van der Waals surface area contributed by atoms with Crippen LogP contribution in [0.15, 0.2) is 0 Å². The maximum absolute atomic E-state index is 2.43. The summed E-state index contributed by atoms with van der Waals surface area (Å²) >= 11 is 0. The molecule has 0 N–H and O–H groups in total. The lowest BCUT2D eigenvalue weighted by Crippen LogP contribution is -2.55. The molecule has 0 bridgehead atoms. The third kappa shape index (κ3) is 3.21. The van der Waals surface area contributed by atoms with Crippen LogP contribution < -0.4 is 0 Å². The summed E-state index contributed by atoms with van der Waals surface area (Å²) in [6, 6.07) is 0. The van der Waals surface area contributed by atoms with E-state index >= 15 is 0 Å². The van der Waals surface area contributed by atoms with Gasteiger partial charge in [0.15, 0.2) is 0 Å². The van der Waals surface area contributed by atoms with Gasteiger partial charge in [0.05, 0.1) is 25.7 Å². The molecule has 1 aliphatic rings. The smallest absolute Gasteiger partial charge is 0.0905 e. The van der Waals surface area contributed by atoms with Gasteiger partial charge in [0.2, 0.25) is 0 Å². The second kappa shape index (κ2) is 3.76. The molecule has 1 rings (SSSR count). The molecule has 0 aromatic rings. The van der Waals surface area contributed by atoms with Crippen LogP contribution in [-0.4, -0.2) is 30.2 Å². The molecule has 1 saturated heterocycles. The molecule has 1 nitrogen and oxygen atoms in total. The maximum atomic E-state index is 2.43. The number of rotatable bonds is 1. The van der Waals surface area contributed by atoms with Crippen LogP contribution in [0.3, 0.4) is 0 Å². The lowest BCUT2D eigenvalue weighted by atomic mass is 9.84. The maximum Gasteiger partial charge on any atom is 0.0905 e. The minimum Gasteiger partial charge on any atom is -0.322 e. The van der Waals surface area contributed by atoms with E-state index in [1.54, 1.807) is 0 Å². The highest BCUT2D eigenvalue weighted by Gasteiger charge is 2.43. The third-order valence-electron chi connectivity index (χ3n) is 4.21. The molecular formula is C14H30N+. The van der Waals surface area contributed by atoms with Crippen LogP contribution in [0.25, 0.3) is 0 Å². The van der Waals surface area contributed by atoms with E-state index in [1.165, 1.54) is 30.4 Å². The Bertz CT molecular complexity index is 218. The van der Waals surface area contributed by atoms with E-state index in [0.29, 0.717) is 11.0 Å². The molecule has 0 radical (unpaired) electrons. The number of hydrogen-bond acceptors (Lipinski definition) is 0. The van der Waals surface area contributed by atoms with Crippen molar-refractivity contribution in [3.63, 3.8) is 0 Å². The Morgan fingerprint density at radius 1 is 1.07 bits per heavy atom. The van der Waals surface area contributed by atoms with Crippen molar-refractivity contribution in [2.24, 2.45) is 11.3 Å². The third-order valence-corrected chi connectivity index (χ3v) is 4.21. The van der Waals surface area contributed by atoms with Crippen molar-refractivity contribution in [2.45, 2.75) is 59.9 Å². The first kappa shape index (κ1) is 13.0. The monoisotopic (exact) mass is 212 g/mol. The predicted octanol–water partition coefficient (Wildman–Crippen LogP) is 3.69. The Hall–Kier alpha value is -0.0400.